The van der Waals surface area contributed by atoms with E-state index in [-0.39, 0.29) is 17.3 Å². The van der Waals surface area contributed by atoms with E-state index in [2.05, 4.69) is 10.3 Å². The first-order valence-corrected chi connectivity index (χ1v) is 6.20. The Morgan fingerprint density at radius 2 is 2.14 bits per heavy atom. The van der Waals surface area contributed by atoms with Crippen molar-refractivity contribution in [3.05, 3.63) is 60.1 Å². The molecule has 3 rings (SSSR count). The van der Waals surface area contributed by atoms with Gasteiger partial charge in [-0.3, -0.25) is 4.79 Å². The Kier molecular flexibility index (Phi) is 3.27. The first-order valence-electron chi connectivity index (χ1n) is 6.20. The van der Waals surface area contributed by atoms with Gasteiger partial charge in [-0.05, 0) is 36.8 Å². The lowest BCUT2D eigenvalue weighted by molar-refractivity contribution is 0.102. The first kappa shape index (κ1) is 13.1. The fourth-order valence-electron chi connectivity index (χ4n) is 1.85. The van der Waals surface area contributed by atoms with E-state index in [9.17, 15) is 9.18 Å². The summed E-state index contributed by atoms with van der Waals surface area (Å²) in [6, 6.07) is 7.78. The molecule has 0 aliphatic carbocycles. The van der Waals surface area contributed by atoms with Gasteiger partial charge in [-0.15, -0.1) is 0 Å². The third-order valence-corrected chi connectivity index (χ3v) is 2.96. The number of benzene rings is 1. The number of rotatable bonds is 3. The van der Waals surface area contributed by atoms with Crippen molar-refractivity contribution in [1.29, 1.82) is 0 Å². The normalized spacial score (nSPS) is 10.6. The number of aryl methyl sites for hydroxylation is 1. The van der Waals surface area contributed by atoms with Gasteiger partial charge in [-0.2, -0.15) is 0 Å². The SMILES string of the molecule is Cc1ccc(NC(=O)c2ncoc2-c2ccco2)cc1F. The van der Waals surface area contributed by atoms with Crippen LogP contribution in [0.3, 0.4) is 0 Å². The summed E-state index contributed by atoms with van der Waals surface area (Å²) in [5.41, 5.74) is 0.924. The monoisotopic (exact) mass is 286 g/mol. The second kappa shape index (κ2) is 5.24. The molecule has 6 heteroatoms. The number of hydrogen-bond donors (Lipinski definition) is 1. The number of aromatic nitrogens is 1. The number of halogens is 1. The molecule has 0 atom stereocenters. The lowest BCUT2D eigenvalue weighted by Gasteiger charge is -2.05. The van der Waals surface area contributed by atoms with Crippen molar-refractivity contribution in [1.82, 2.24) is 4.98 Å². The van der Waals surface area contributed by atoms with Crippen molar-refractivity contribution in [2.45, 2.75) is 6.92 Å². The van der Waals surface area contributed by atoms with Gasteiger partial charge in [0.05, 0.1) is 6.26 Å². The van der Waals surface area contributed by atoms with Crippen LogP contribution in [0, 0.1) is 12.7 Å². The number of carbonyl (C=O) groups excluding carboxylic acids is 1. The largest absolute Gasteiger partial charge is 0.461 e. The number of furan rings is 1. The maximum absolute atomic E-state index is 13.5. The van der Waals surface area contributed by atoms with Crippen LogP contribution in [0.2, 0.25) is 0 Å². The van der Waals surface area contributed by atoms with E-state index in [0.29, 0.717) is 17.0 Å². The zero-order valence-corrected chi connectivity index (χ0v) is 11.1. The molecule has 1 aromatic carbocycles. The number of anilines is 1. The molecule has 1 N–H and O–H groups in total. The molecule has 2 heterocycles. The Morgan fingerprint density at radius 3 is 2.86 bits per heavy atom. The van der Waals surface area contributed by atoms with Gasteiger partial charge in [0.25, 0.3) is 5.91 Å². The highest BCUT2D eigenvalue weighted by atomic mass is 19.1. The van der Waals surface area contributed by atoms with E-state index in [1.807, 2.05) is 0 Å². The third kappa shape index (κ3) is 2.55. The topological polar surface area (TPSA) is 68.3 Å². The first-order chi connectivity index (χ1) is 10.1. The molecule has 21 heavy (non-hydrogen) atoms. The summed E-state index contributed by atoms with van der Waals surface area (Å²) in [5.74, 6) is -0.268. The minimum Gasteiger partial charge on any atom is -0.461 e. The Labute approximate surface area is 119 Å². The molecular weight excluding hydrogens is 275 g/mol. The summed E-state index contributed by atoms with van der Waals surface area (Å²) in [6.07, 6.45) is 2.62. The molecule has 0 spiro atoms. The standard InChI is InChI=1S/C15H11FN2O3/c1-9-4-5-10(7-11(9)16)18-15(19)13-14(21-8-17-13)12-3-2-6-20-12/h2-8H,1H3,(H,18,19). The number of nitrogens with zero attached hydrogens (tertiary/aromatic N) is 1. The summed E-state index contributed by atoms with van der Waals surface area (Å²) >= 11 is 0. The van der Waals surface area contributed by atoms with E-state index in [1.165, 1.54) is 12.3 Å². The highest BCUT2D eigenvalue weighted by Crippen LogP contribution is 2.24. The van der Waals surface area contributed by atoms with E-state index in [1.54, 1.807) is 31.2 Å². The van der Waals surface area contributed by atoms with Crippen LogP contribution in [0.25, 0.3) is 11.5 Å². The van der Waals surface area contributed by atoms with Crippen LogP contribution < -0.4 is 5.32 Å². The molecule has 0 fully saturated rings. The molecule has 0 saturated heterocycles. The predicted molar refractivity (Wildman–Crippen MR) is 73.3 cm³/mol. The fraction of sp³-hybridized carbons (Fsp3) is 0.0667. The molecule has 1 amide bonds. The molecule has 0 aliphatic heterocycles. The van der Waals surface area contributed by atoms with Crippen LogP contribution in [-0.2, 0) is 0 Å². The molecule has 106 valence electrons. The molecule has 0 bridgehead atoms. The predicted octanol–water partition coefficient (Wildman–Crippen LogP) is 3.63. The maximum Gasteiger partial charge on any atom is 0.278 e. The van der Waals surface area contributed by atoms with Gasteiger partial charge in [0.2, 0.25) is 5.76 Å². The smallest absolute Gasteiger partial charge is 0.278 e. The molecule has 2 aromatic heterocycles. The van der Waals surface area contributed by atoms with Crippen molar-refractivity contribution < 1.29 is 18.0 Å². The van der Waals surface area contributed by atoms with Gasteiger partial charge in [0.15, 0.2) is 17.8 Å². The number of oxazole rings is 1. The molecule has 0 aliphatic rings. The van der Waals surface area contributed by atoms with Crippen molar-refractivity contribution >= 4 is 11.6 Å². The number of carbonyl (C=O) groups is 1. The highest BCUT2D eigenvalue weighted by Gasteiger charge is 2.20. The van der Waals surface area contributed by atoms with Crippen LogP contribution in [0.5, 0.6) is 0 Å². The van der Waals surface area contributed by atoms with Crippen LogP contribution in [0.15, 0.2) is 51.8 Å². The Hall–Kier alpha value is -2.89. The quantitative estimate of drug-likeness (QED) is 0.798. The van der Waals surface area contributed by atoms with Gasteiger partial charge >= 0.3 is 0 Å². The molecular formula is C15H11FN2O3. The summed E-state index contributed by atoms with van der Waals surface area (Å²) in [4.78, 5) is 16.1. The van der Waals surface area contributed by atoms with Gasteiger partial charge in [0, 0.05) is 5.69 Å². The maximum atomic E-state index is 13.5. The summed E-state index contributed by atoms with van der Waals surface area (Å²) in [5, 5.41) is 2.57. The minimum atomic E-state index is -0.501. The summed E-state index contributed by atoms with van der Waals surface area (Å²) < 4.78 is 23.8. The minimum absolute atomic E-state index is 0.0749. The average Bonchev–Trinajstić information content (AvgIpc) is 3.12. The Morgan fingerprint density at radius 1 is 1.29 bits per heavy atom. The van der Waals surface area contributed by atoms with E-state index in [4.69, 9.17) is 8.83 Å². The van der Waals surface area contributed by atoms with Gasteiger partial charge in [-0.1, -0.05) is 6.07 Å². The zero-order valence-electron chi connectivity index (χ0n) is 11.1. The van der Waals surface area contributed by atoms with Crippen molar-refractivity contribution in [2.24, 2.45) is 0 Å². The lowest BCUT2D eigenvalue weighted by atomic mass is 10.2. The van der Waals surface area contributed by atoms with Crippen molar-refractivity contribution in [2.75, 3.05) is 5.32 Å². The van der Waals surface area contributed by atoms with Crippen LogP contribution in [0.4, 0.5) is 10.1 Å². The summed E-state index contributed by atoms with van der Waals surface area (Å²) in [6.45, 7) is 1.65. The fourth-order valence-corrected chi connectivity index (χ4v) is 1.85. The molecule has 0 unspecified atom stereocenters. The van der Waals surface area contributed by atoms with Crippen LogP contribution >= 0.6 is 0 Å². The Balaban J connectivity index is 1.86. The number of hydrogen-bond acceptors (Lipinski definition) is 4. The molecule has 0 radical (unpaired) electrons. The lowest BCUT2D eigenvalue weighted by Crippen LogP contribution is -2.13. The van der Waals surface area contributed by atoms with Crippen LogP contribution in [-0.4, -0.2) is 10.9 Å². The van der Waals surface area contributed by atoms with Crippen LogP contribution in [0.1, 0.15) is 16.1 Å². The number of amides is 1. The average molecular weight is 286 g/mol. The molecule has 5 nitrogen and oxygen atoms in total. The zero-order chi connectivity index (χ0) is 14.8. The second-order valence-corrected chi connectivity index (χ2v) is 4.43. The van der Waals surface area contributed by atoms with Crippen molar-refractivity contribution in [3.63, 3.8) is 0 Å². The molecule has 3 aromatic rings. The van der Waals surface area contributed by atoms with E-state index < -0.39 is 5.91 Å². The third-order valence-electron chi connectivity index (χ3n) is 2.96. The van der Waals surface area contributed by atoms with E-state index in [0.717, 1.165) is 6.39 Å². The summed E-state index contributed by atoms with van der Waals surface area (Å²) in [7, 11) is 0. The van der Waals surface area contributed by atoms with Gasteiger partial charge in [0.1, 0.15) is 5.82 Å². The van der Waals surface area contributed by atoms with Gasteiger partial charge < -0.3 is 14.2 Å². The highest BCUT2D eigenvalue weighted by molar-refractivity contribution is 6.06. The van der Waals surface area contributed by atoms with Gasteiger partial charge in [-0.25, -0.2) is 9.37 Å². The number of nitrogens with one attached hydrogen (secondary N) is 1. The Bertz CT molecular complexity index is 778. The van der Waals surface area contributed by atoms with Crippen molar-refractivity contribution in [3.8, 4) is 11.5 Å². The second-order valence-electron chi connectivity index (χ2n) is 4.43. The van der Waals surface area contributed by atoms with E-state index >= 15 is 0 Å². The molecule has 0 saturated carbocycles.